The molecular weight excluding hydrogens is 300 g/mol. The number of rotatable bonds is 5. The van der Waals surface area contributed by atoms with Crippen molar-refractivity contribution in [1.29, 1.82) is 0 Å². The molecule has 0 bridgehead atoms. The molecule has 2 amide bonds. The Bertz CT molecular complexity index is 537. The second kappa shape index (κ2) is 7.24. The first kappa shape index (κ1) is 15.5. The second-order valence-electron chi connectivity index (χ2n) is 5.81. The van der Waals surface area contributed by atoms with E-state index in [2.05, 4.69) is 16.8 Å². The number of hydrogen-bond acceptors (Lipinski definition) is 4. The average molecular weight is 322 g/mol. The number of nitrogens with one attached hydrogen (secondary N) is 1. The van der Waals surface area contributed by atoms with Gasteiger partial charge in [0.25, 0.3) is 0 Å². The Balaban J connectivity index is 1.41. The zero-order chi connectivity index (χ0) is 15.4. The molecule has 1 atom stereocenters. The molecule has 5 nitrogen and oxygen atoms in total. The van der Waals surface area contributed by atoms with Gasteiger partial charge in [-0.15, -0.1) is 11.3 Å². The number of carbonyl (C=O) groups excluding carboxylic acids is 2. The summed E-state index contributed by atoms with van der Waals surface area (Å²) in [4.78, 5) is 27.0. The van der Waals surface area contributed by atoms with Gasteiger partial charge in [-0.25, -0.2) is 0 Å². The number of nitrogens with zero attached hydrogens (tertiary/aromatic N) is 1. The standard InChI is InChI=1S/C16H22N2O3S/c19-14(17-6-3-15(20)18-7-1-2-8-18)11-13-16-12(4-9-21-13)5-10-22-16/h5,10,13H,1-4,6-9,11H2,(H,17,19). The molecule has 0 saturated carbocycles. The number of ether oxygens (including phenoxy) is 1. The van der Waals surface area contributed by atoms with E-state index in [0.29, 0.717) is 26.0 Å². The predicted molar refractivity (Wildman–Crippen MR) is 84.8 cm³/mol. The van der Waals surface area contributed by atoms with E-state index in [1.807, 2.05) is 4.90 Å². The first-order chi connectivity index (χ1) is 10.7. The molecule has 1 aromatic rings. The van der Waals surface area contributed by atoms with Crippen molar-refractivity contribution in [3.8, 4) is 0 Å². The van der Waals surface area contributed by atoms with E-state index in [1.54, 1.807) is 11.3 Å². The largest absolute Gasteiger partial charge is 0.372 e. The molecule has 6 heteroatoms. The highest BCUT2D eigenvalue weighted by atomic mass is 32.1. The zero-order valence-corrected chi connectivity index (χ0v) is 13.5. The highest BCUT2D eigenvalue weighted by molar-refractivity contribution is 7.10. The minimum absolute atomic E-state index is 0.0412. The first-order valence-corrected chi connectivity index (χ1v) is 8.84. The van der Waals surface area contributed by atoms with Gasteiger partial charge in [-0.1, -0.05) is 0 Å². The lowest BCUT2D eigenvalue weighted by molar-refractivity contribution is -0.130. The highest BCUT2D eigenvalue weighted by Crippen LogP contribution is 2.33. The number of thiophene rings is 1. The number of fused-ring (bicyclic) bond motifs is 1. The van der Waals surface area contributed by atoms with Gasteiger partial charge >= 0.3 is 0 Å². The molecule has 0 spiro atoms. The Morgan fingerprint density at radius 2 is 2.18 bits per heavy atom. The first-order valence-electron chi connectivity index (χ1n) is 7.96. The Morgan fingerprint density at radius 3 is 3.00 bits per heavy atom. The minimum Gasteiger partial charge on any atom is -0.372 e. The second-order valence-corrected chi connectivity index (χ2v) is 6.76. The number of hydrogen-bond donors (Lipinski definition) is 1. The third-order valence-electron chi connectivity index (χ3n) is 4.25. The lowest BCUT2D eigenvalue weighted by Crippen LogP contribution is -2.33. The molecule has 1 aromatic heterocycles. The summed E-state index contributed by atoms with van der Waals surface area (Å²) in [6.07, 6.45) is 3.73. The van der Waals surface area contributed by atoms with Crippen molar-refractivity contribution in [2.45, 2.75) is 38.2 Å². The highest BCUT2D eigenvalue weighted by Gasteiger charge is 2.24. The van der Waals surface area contributed by atoms with Crippen molar-refractivity contribution in [3.05, 3.63) is 21.9 Å². The SMILES string of the molecule is O=C(CC1OCCc2ccsc21)NCCC(=O)N1CCCC1. The summed E-state index contributed by atoms with van der Waals surface area (Å²) in [5.41, 5.74) is 1.30. The van der Waals surface area contributed by atoms with Crippen LogP contribution in [-0.2, 0) is 20.7 Å². The van der Waals surface area contributed by atoms with Crippen LogP contribution in [-0.4, -0.2) is 43.0 Å². The lowest BCUT2D eigenvalue weighted by atomic mass is 10.1. The molecule has 0 radical (unpaired) electrons. The van der Waals surface area contributed by atoms with E-state index in [9.17, 15) is 9.59 Å². The molecule has 1 fully saturated rings. The van der Waals surface area contributed by atoms with Crippen molar-refractivity contribution in [1.82, 2.24) is 10.2 Å². The zero-order valence-electron chi connectivity index (χ0n) is 12.7. The van der Waals surface area contributed by atoms with Crippen LogP contribution in [0.1, 0.15) is 42.2 Å². The van der Waals surface area contributed by atoms with Gasteiger partial charge in [0.15, 0.2) is 0 Å². The molecule has 0 aromatic carbocycles. The molecule has 2 aliphatic heterocycles. The van der Waals surface area contributed by atoms with Crippen LogP contribution in [0.5, 0.6) is 0 Å². The maximum atomic E-state index is 12.0. The minimum atomic E-state index is -0.127. The van der Waals surface area contributed by atoms with Crippen LogP contribution in [0.2, 0.25) is 0 Å². The van der Waals surface area contributed by atoms with Crippen LogP contribution in [0.4, 0.5) is 0 Å². The number of amides is 2. The van der Waals surface area contributed by atoms with Crippen LogP contribution < -0.4 is 5.32 Å². The quantitative estimate of drug-likeness (QED) is 0.900. The van der Waals surface area contributed by atoms with Gasteiger partial charge in [0.2, 0.25) is 11.8 Å². The van der Waals surface area contributed by atoms with E-state index in [0.717, 1.165) is 32.4 Å². The summed E-state index contributed by atoms with van der Waals surface area (Å²) in [7, 11) is 0. The summed E-state index contributed by atoms with van der Waals surface area (Å²) in [5, 5.41) is 4.90. The van der Waals surface area contributed by atoms with Crippen LogP contribution in [0.3, 0.4) is 0 Å². The molecule has 0 aliphatic carbocycles. The normalized spacial score (nSPS) is 20.7. The number of carbonyl (C=O) groups is 2. The monoisotopic (exact) mass is 322 g/mol. The third-order valence-corrected chi connectivity index (χ3v) is 5.31. The third kappa shape index (κ3) is 3.67. The fourth-order valence-electron chi connectivity index (χ4n) is 3.05. The van der Waals surface area contributed by atoms with E-state index in [-0.39, 0.29) is 17.9 Å². The Labute approximate surface area is 134 Å². The summed E-state index contributed by atoms with van der Waals surface area (Å²) >= 11 is 1.66. The molecule has 3 heterocycles. The summed E-state index contributed by atoms with van der Waals surface area (Å²) in [6, 6.07) is 2.11. The van der Waals surface area contributed by atoms with Gasteiger partial charge in [-0.3, -0.25) is 9.59 Å². The molecule has 120 valence electrons. The van der Waals surface area contributed by atoms with Gasteiger partial charge in [-0.05, 0) is 36.3 Å². The van der Waals surface area contributed by atoms with Crippen molar-refractivity contribution in [2.75, 3.05) is 26.2 Å². The van der Waals surface area contributed by atoms with Gasteiger partial charge in [0.1, 0.15) is 6.10 Å². The molecule has 1 unspecified atom stereocenters. The van der Waals surface area contributed by atoms with E-state index in [4.69, 9.17) is 4.74 Å². The smallest absolute Gasteiger partial charge is 0.224 e. The van der Waals surface area contributed by atoms with Crippen molar-refractivity contribution in [2.24, 2.45) is 0 Å². The van der Waals surface area contributed by atoms with Gasteiger partial charge in [-0.2, -0.15) is 0 Å². The topological polar surface area (TPSA) is 58.6 Å². The van der Waals surface area contributed by atoms with Crippen molar-refractivity contribution >= 4 is 23.2 Å². The van der Waals surface area contributed by atoms with Crippen LogP contribution in [0.25, 0.3) is 0 Å². The molecular formula is C16H22N2O3S. The fourth-order valence-corrected chi connectivity index (χ4v) is 4.05. The molecule has 1 N–H and O–H groups in total. The van der Waals surface area contributed by atoms with Crippen LogP contribution in [0.15, 0.2) is 11.4 Å². The molecule has 1 saturated heterocycles. The predicted octanol–water partition coefficient (Wildman–Crippen LogP) is 1.88. The maximum Gasteiger partial charge on any atom is 0.224 e. The molecule has 22 heavy (non-hydrogen) atoms. The van der Waals surface area contributed by atoms with Gasteiger partial charge in [0.05, 0.1) is 13.0 Å². The Morgan fingerprint density at radius 1 is 1.36 bits per heavy atom. The average Bonchev–Trinajstić information content (AvgIpc) is 3.19. The Kier molecular flexibility index (Phi) is 5.10. The lowest BCUT2D eigenvalue weighted by Gasteiger charge is -2.22. The summed E-state index contributed by atoms with van der Waals surface area (Å²) in [6.45, 7) is 2.82. The number of likely N-dealkylation sites (tertiary alicyclic amines) is 1. The van der Waals surface area contributed by atoms with Crippen molar-refractivity contribution < 1.29 is 14.3 Å². The van der Waals surface area contributed by atoms with Crippen LogP contribution in [0, 0.1) is 0 Å². The summed E-state index contributed by atoms with van der Waals surface area (Å²) in [5.74, 6) is 0.104. The summed E-state index contributed by atoms with van der Waals surface area (Å²) < 4.78 is 5.72. The van der Waals surface area contributed by atoms with Crippen molar-refractivity contribution in [3.63, 3.8) is 0 Å². The Hall–Kier alpha value is -1.40. The van der Waals surface area contributed by atoms with Crippen LogP contribution >= 0.6 is 11.3 Å². The van der Waals surface area contributed by atoms with E-state index < -0.39 is 0 Å². The fraction of sp³-hybridized carbons (Fsp3) is 0.625. The van der Waals surface area contributed by atoms with E-state index in [1.165, 1.54) is 10.4 Å². The maximum absolute atomic E-state index is 12.0. The molecule has 3 rings (SSSR count). The van der Waals surface area contributed by atoms with E-state index >= 15 is 0 Å². The molecule has 2 aliphatic rings. The van der Waals surface area contributed by atoms with Gasteiger partial charge < -0.3 is 15.0 Å². The van der Waals surface area contributed by atoms with Gasteiger partial charge in [0, 0.05) is 30.9 Å².